The van der Waals surface area contributed by atoms with E-state index in [0.29, 0.717) is 0 Å². The number of halogens is 2. The molecule has 0 aliphatic rings. The second-order valence-corrected chi connectivity index (χ2v) is 7.96. The van der Waals surface area contributed by atoms with Gasteiger partial charge in [-0.3, -0.25) is 0 Å². The first-order valence-electron chi connectivity index (χ1n) is 4.83. The molecule has 0 saturated carbocycles. The summed E-state index contributed by atoms with van der Waals surface area (Å²) in [6, 6.07) is 6.66. The molecule has 8 heteroatoms. The Morgan fingerprint density at radius 3 is 2.78 bits per heavy atom. The number of pyridine rings is 1. The van der Waals surface area contributed by atoms with Gasteiger partial charge in [-0.25, -0.2) is 18.1 Å². The van der Waals surface area contributed by atoms with E-state index in [1.165, 1.54) is 29.7 Å². The summed E-state index contributed by atoms with van der Waals surface area (Å²) in [6.07, 6.45) is 1.44. The third-order valence-electron chi connectivity index (χ3n) is 2.08. The second kappa shape index (κ2) is 5.66. The molecular formula is C10H8BrClN2O2S2. The van der Waals surface area contributed by atoms with Crippen molar-refractivity contribution < 1.29 is 8.42 Å². The van der Waals surface area contributed by atoms with Gasteiger partial charge in [0.2, 0.25) is 10.0 Å². The zero-order chi connectivity index (χ0) is 13.2. The van der Waals surface area contributed by atoms with Crippen LogP contribution in [0.3, 0.4) is 0 Å². The first-order chi connectivity index (χ1) is 8.49. The molecule has 2 heterocycles. The summed E-state index contributed by atoms with van der Waals surface area (Å²) in [4.78, 5) is 4.64. The fraction of sp³-hybridized carbons (Fsp3) is 0.100. The number of sulfonamides is 1. The monoisotopic (exact) mass is 366 g/mol. The molecule has 0 atom stereocenters. The lowest BCUT2D eigenvalue weighted by Gasteiger charge is -2.06. The molecule has 0 unspecified atom stereocenters. The molecule has 0 spiro atoms. The molecule has 1 N–H and O–H groups in total. The summed E-state index contributed by atoms with van der Waals surface area (Å²) in [5.74, 6) is 0. The highest BCUT2D eigenvalue weighted by Crippen LogP contribution is 2.23. The minimum absolute atomic E-state index is 0.0118. The minimum atomic E-state index is -3.63. The molecule has 0 aliphatic heterocycles. The maximum Gasteiger partial charge on any atom is 0.243 e. The topological polar surface area (TPSA) is 59.1 Å². The summed E-state index contributed by atoms with van der Waals surface area (Å²) in [5.41, 5.74) is 0. The molecule has 0 radical (unpaired) electrons. The van der Waals surface area contributed by atoms with Gasteiger partial charge < -0.3 is 0 Å². The lowest BCUT2D eigenvalue weighted by molar-refractivity contribution is 0.581. The zero-order valence-electron chi connectivity index (χ0n) is 8.93. The van der Waals surface area contributed by atoms with Crippen LogP contribution >= 0.6 is 38.9 Å². The van der Waals surface area contributed by atoms with Crippen LogP contribution < -0.4 is 4.72 Å². The van der Waals surface area contributed by atoms with Gasteiger partial charge >= 0.3 is 0 Å². The Hall–Kier alpha value is -0.470. The number of aromatic nitrogens is 1. The van der Waals surface area contributed by atoms with Crippen LogP contribution in [0, 0.1) is 0 Å². The maximum atomic E-state index is 12.0. The van der Waals surface area contributed by atoms with Crippen LogP contribution in [0.2, 0.25) is 5.15 Å². The summed E-state index contributed by atoms with van der Waals surface area (Å²) in [6.45, 7) is 0.226. The van der Waals surface area contributed by atoms with E-state index in [0.717, 1.165) is 8.66 Å². The van der Waals surface area contributed by atoms with Crippen molar-refractivity contribution in [1.29, 1.82) is 0 Å². The average Bonchev–Trinajstić information content (AvgIpc) is 2.73. The highest BCUT2D eigenvalue weighted by molar-refractivity contribution is 9.11. The number of nitrogens with one attached hydrogen (secondary N) is 1. The fourth-order valence-electron chi connectivity index (χ4n) is 1.26. The van der Waals surface area contributed by atoms with E-state index in [2.05, 4.69) is 25.6 Å². The second-order valence-electron chi connectivity index (χ2n) is 3.32. The van der Waals surface area contributed by atoms with Gasteiger partial charge in [-0.1, -0.05) is 11.6 Å². The van der Waals surface area contributed by atoms with Crippen molar-refractivity contribution in [1.82, 2.24) is 9.71 Å². The van der Waals surface area contributed by atoms with Crippen LogP contribution in [-0.2, 0) is 16.6 Å². The van der Waals surface area contributed by atoms with Crippen LogP contribution in [0.4, 0.5) is 0 Å². The van der Waals surface area contributed by atoms with Crippen molar-refractivity contribution in [3.05, 3.63) is 44.3 Å². The van der Waals surface area contributed by atoms with Crippen LogP contribution in [-0.4, -0.2) is 13.4 Å². The largest absolute Gasteiger partial charge is 0.243 e. The molecular weight excluding hydrogens is 360 g/mol. The van der Waals surface area contributed by atoms with Gasteiger partial charge in [0.15, 0.2) is 0 Å². The molecule has 0 aliphatic carbocycles. The van der Waals surface area contributed by atoms with Crippen molar-refractivity contribution in [3.8, 4) is 0 Å². The number of nitrogens with zero attached hydrogens (tertiary/aromatic N) is 1. The lowest BCUT2D eigenvalue weighted by Crippen LogP contribution is -2.23. The summed E-state index contributed by atoms with van der Waals surface area (Å²) >= 11 is 10.5. The number of thiophene rings is 1. The molecule has 2 aromatic heterocycles. The van der Waals surface area contributed by atoms with Gasteiger partial charge in [-0.2, -0.15) is 0 Å². The molecule has 0 saturated heterocycles. The van der Waals surface area contributed by atoms with Crippen molar-refractivity contribution >= 4 is 48.9 Å². The summed E-state index contributed by atoms with van der Waals surface area (Å²) in [5, 5.41) is -0.0302. The van der Waals surface area contributed by atoms with Crippen molar-refractivity contribution in [2.24, 2.45) is 0 Å². The highest BCUT2D eigenvalue weighted by atomic mass is 79.9. The normalized spacial score (nSPS) is 11.7. The Bertz CT molecular complexity index is 657. The van der Waals surface area contributed by atoms with Gasteiger partial charge in [-0.05, 0) is 40.2 Å². The Kier molecular flexibility index (Phi) is 4.39. The van der Waals surface area contributed by atoms with E-state index in [-0.39, 0.29) is 16.6 Å². The smallest absolute Gasteiger partial charge is 0.243 e. The van der Waals surface area contributed by atoms with Gasteiger partial charge in [0.1, 0.15) is 10.0 Å². The highest BCUT2D eigenvalue weighted by Gasteiger charge is 2.18. The number of hydrogen-bond acceptors (Lipinski definition) is 4. The van der Waals surface area contributed by atoms with Gasteiger partial charge in [0.05, 0.1) is 3.79 Å². The molecule has 0 amide bonds. The first-order valence-corrected chi connectivity index (χ1v) is 8.30. The minimum Gasteiger partial charge on any atom is -0.243 e. The fourth-order valence-corrected chi connectivity index (χ4v) is 4.23. The Labute approximate surface area is 122 Å². The van der Waals surface area contributed by atoms with Crippen LogP contribution in [0.5, 0.6) is 0 Å². The Morgan fingerprint density at radius 1 is 1.39 bits per heavy atom. The van der Waals surface area contributed by atoms with E-state index in [4.69, 9.17) is 11.6 Å². The van der Waals surface area contributed by atoms with Crippen LogP contribution in [0.15, 0.2) is 39.1 Å². The maximum absolute atomic E-state index is 12.0. The van der Waals surface area contributed by atoms with E-state index in [1.54, 1.807) is 0 Å². The SMILES string of the molecule is O=S(=O)(NCc1ccc(Br)s1)c1cccnc1Cl. The third-order valence-corrected chi connectivity index (χ3v) is 5.55. The summed E-state index contributed by atoms with van der Waals surface area (Å²) in [7, 11) is -3.63. The molecule has 2 rings (SSSR count). The quantitative estimate of drug-likeness (QED) is 0.845. The Morgan fingerprint density at radius 2 is 2.17 bits per heavy atom. The van der Waals surface area contributed by atoms with Gasteiger partial charge in [-0.15, -0.1) is 11.3 Å². The molecule has 0 bridgehead atoms. The van der Waals surface area contributed by atoms with Gasteiger partial charge in [0.25, 0.3) is 0 Å². The molecule has 2 aromatic rings. The van der Waals surface area contributed by atoms with Crippen molar-refractivity contribution in [3.63, 3.8) is 0 Å². The standard InChI is InChI=1S/C10H8BrClN2O2S2/c11-9-4-3-7(17-9)6-14-18(15,16)8-2-1-5-13-10(8)12/h1-5,14H,6H2. The molecule has 18 heavy (non-hydrogen) atoms. The van der Waals surface area contributed by atoms with Gasteiger partial charge in [0, 0.05) is 17.6 Å². The van der Waals surface area contributed by atoms with E-state index >= 15 is 0 Å². The summed E-state index contributed by atoms with van der Waals surface area (Å²) < 4.78 is 27.4. The van der Waals surface area contributed by atoms with Crippen LogP contribution in [0.25, 0.3) is 0 Å². The lowest BCUT2D eigenvalue weighted by atomic mass is 10.5. The van der Waals surface area contributed by atoms with E-state index in [9.17, 15) is 8.42 Å². The predicted octanol–water partition coefficient (Wildman–Crippen LogP) is 3.04. The third kappa shape index (κ3) is 3.30. The first kappa shape index (κ1) is 14.0. The van der Waals surface area contributed by atoms with E-state index < -0.39 is 10.0 Å². The zero-order valence-corrected chi connectivity index (χ0v) is 12.9. The van der Waals surface area contributed by atoms with E-state index in [1.807, 2.05) is 12.1 Å². The van der Waals surface area contributed by atoms with Crippen molar-refractivity contribution in [2.45, 2.75) is 11.4 Å². The predicted molar refractivity (Wildman–Crippen MR) is 75.3 cm³/mol. The Balaban J connectivity index is 2.16. The van der Waals surface area contributed by atoms with Crippen LogP contribution in [0.1, 0.15) is 4.88 Å². The number of rotatable bonds is 4. The average molecular weight is 368 g/mol. The number of hydrogen-bond donors (Lipinski definition) is 1. The molecule has 96 valence electrons. The van der Waals surface area contributed by atoms with Crippen molar-refractivity contribution in [2.75, 3.05) is 0 Å². The molecule has 4 nitrogen and oxygen atoms in total. The molecule has 0 aromatic carbocycles. The molecule has 0 fully saturated rings.